The van der Waals surface area contributed by atoms with Crippen LogP contribution in [-0.4, -0.2) is 65.8 Å². The van der Waals surface area contributed by atoms with Crippen molar-refractivity contribution in [3.8, 4) is 0 Å². The Morgan fingerprint density at radius 1 is 1.24 bits per heavy atom. The maximum absolute atomic E-state index is 13.2. The van der Waals surface area contributed by atoms with Crippen molar-refractivity contribution in [1.82, 2.24) is 10.2 Å². The van der Waals surface area contributed by atoms with Crippen LogP contribution in [0.4, 0.5) is 0 Å². The molecule has 2 aliphatic heterocycles. The van der Waals surface area contributed by atoms with Crippen LogP contribution in [0, 0.1) is 0 Å². The van der Waals surface area contributed by atoms with E-state index in [2.05, 4.69) is 5.32 Å². The molecule has 33 heavy (non-hydrogen) atoms. The van der Waals surface area contributed by atoms with Gasteiger partial charge in [-0.15, -0.1) is 0 Å². The smallest absolute Gasteiger partial charge is 0.334 e. The van der Waals surface area contributed by atoms with E-state index in [0.29, 0.717) is 5.56 Å². The molecule has 4 unspecified atom stereocenters. The molecule has 2 saturated heterocycles. The van der Waals surface area contributed by atoms with Crippen molar-refractivity contribution >= 4 is 69.7 Å². The van der Waals surface area contributed by atoms with Crippen molar-refractivity contribution in [1.29, 1.82) is 0 Å². The fourth-order valence-corrected chi connectivity index (χ4v) is 5.88. The topological polar surface area (TPSA) is 125 Å². The van der Waals surface area contributed by atoms with Gasteiger partial charge in [0.15, 0.2) is 16.8 Å². The number of carbonyl (C=O) groups excluding carboxylic acids is 4. The van der Waals surface area contributed by atoms with Crippen LogP contribution in [0.1, 0.15) is 32.4 Å². The van der Waals surface area contributed by atoms with Crippen LogP contribution < -0.4 is 5.32 Å². The molecule has 180 valence electrons. The number of amides is 2. The van der Waals surface area contributed by atoms with Gasteiger partial charge in [0, 0.05) is 12.5 Å². The molecule has 1 N–H and O–H groups in total. The third-order valence-electron chi connectivity index (χ3n) is 5.28. The first-order valence-corrected chi connectivity index (χ1v) is 12.1. The SMILES string of the molecule is CC(=O)OC(C(=O)NC1C(=O)N2C(C(=O)OCC(Cl)(Cl)Cl)C(C)(C)[S+]([O-])[C@H]12)c1ccccc1. The normalized spacial score (nSPS) is 26.6. The summed E-state index contributed by atoms with van der Waals surface area (Å²) in [6.07, 6.45) is -1.31. The van der Waals surface area contributed by atoms with Crippen LogP contribution in [0.5, 0.6) is 0 Å². The number of esters is 2. The number of hydrogen-bond donors (Lipinski definition) is 1. The van der Waals surface area contributed by atoms with Gasteiger partial charge < -0.3 is 19.3 Å². The maximum atomic E-state index is 13.2. The first kappa shape index (κ1) is 25.9. The minimum atomic E-state index is -1.85. The number of hydrogen-bond acceptors (Lipinski definition) is 7. The fourth-order valence-electron chi connectivity index (χ4n) is 3.80. The molecule has 0 radical (unpaired) electrons. The lowest BCUT2D eigenvalue weighted by atomic mass is 9.95. The zero-order valence-electron chi connectivity index (χ0n) is 17.8. The number of fused-ring (bicyclic) bond motifs is 1. The minimum Gasteiger partial charge on any atom is -0.614 e. The molecule has 1 aromatic carbocycles. The Balaban J connectivity index is 1.78. The van der Waals surface area contributed by atoms with Gasteiger partial charge in [-0.1, -0.05) is 65.1 Å². The summed E-state index contributed by atoms with van der Waals surface area (Å²) in [7, 11) is 0. The van der Waals surface area contributed by atoms with E-state index in [1.807, 2.05) is 0 Å². The lowest BCUT2D eigenvalue weighted by Gasteiger charge is -2.41. The Kier molecular flexibility index (Phi) is 7.45. The number of alkyl halides is 3. The van der Waals surface area contributed by atoms with E-state index < -0.39 is 73.6 Å². The second kappa shape index (κ2) is 9.50. The molecule has 2 aliphatic rings. The highest BCUT2D eigenvalue weighted by Gasteiger charge is 2.73. The average Bonchev–Trinajstić information content (AvgIpc) is 2.92. The van der Waals surface area contributed by atoms with E-state index in [1.54, 1.807) is 44.2 Å². The molecule has 0 spiro atoms. The van der Waals surface area contributed by atoms with E-state index in [0.717, 1.165) is 11.8 Å². The molecule has 3 rings (SSSR count). The summed E-state index contributed by atoms with van der Waals surface area (Å²) >= 11 is 15.1. The number of carbonyl (C=O) groups is 4. The largest absolute Gasteiger partial charge is 0.614 e. The molecule has 2 fully saturated rings. The molecule has 0 aliphatic carbocycles. The van der Waals surface area contributed by atoms with Crippen LogP contribution in [0.3, 0.4) is 0 Å². The summed E-state index contributed by atoms with van der Waals surface area (Å²) in [4.78, 5) is 51.1. The Morgan fingerprint density at radius 2 is 1.85 bits per heavy atom. The Morgan fingerprint density at radius 3 is 2.39 bits per heavy atom. The van der Waals surface area contributed by atoms with Crippen LogP contribution in [0.15, 0.2) is 30.3 Å². The van der Waals surface area contributed by atoms with Crippen LogP contribution in [0.2, 0.25) is 0 Å². The van der Waals surface area contributed by atoms with E-state index in [-0.39, 0.29) is 0 Å². The van der Waals surface area contributed by atoms with Crippen molar-refractivity contribution in [2.24, 2.45) is 0 Å². The van der Waals surface area contributed by atoms with Crippen LogP contribution in [0.25, 0.3) is 0 Å². The lowest BCUT2D eigenvalue weighted by molar-refractivity contribution is -0.165. The third-order valence-corrected chi connectivity index (χ3v) is 7.80. The van der Waals surface area contributed by atoms with Gasteiger partial charge in [-0.05, 0) is 25.0 Å². The summed E-state index contributed by atoms with van der Waals surface area (Å²) in [6, 6.07) is 5.87. The van der Waals surface area contributed by atoms with Crippen molar-refractivity contribution in [3.05, 3.63) is 35.9 Å². The van der Waals surface area contributed by atoms with Crippen LogP contribution in [-0.2, 0) is 39.8 Å². The average molecular weight is 540 g/mol. The highest BCUT2D eigenvalue weighted by atomic mass is 35.6. The number of β-lactam (4-membered cyclic amide) rings is 1. The molecule has 0 aromatic heterocycles. The zero-order valence-corrected chi connectivity index (χ0v) is 20.8. The van der Waals surface area contributed by atoms with Gasteiger partial charge in [0.1, 0.15) is 6.61 Å². The van der Waals surface area contributed by atoms with E-state index in [9.17, 15) is 23.7 Å². The van der Waals surface area contributed by atoms with Gasteiger partial charge in [-0.25, -0.2) is 4.79 Å². The molecule has 0 saturated carbocycles. The van der Waals surface area contributed by atoms with Gasteiger partial charge in [-0.3, -0.25) is 19.3 Å². The zero-order chi connectivity index (χ0) is 24.7. The predicted octanol–water partition coefficient (Wildman–Crippen LogP) is 1.77. The molecule has 1 aromatic rings. The number of ether oxygens (including phenoxy) is 2. The summed E-state index contributed by atoms with van der Waals surface area (Å²) in [5.74, 6) is -2.95. The lowest BCUT2D eigenvalue weighted by Crippen LogP contribution is -2.72. The standard InChI is InChI=1S/C20H21Cl3N2O7S/c1-10(26)32-13(11-7-5-4-6-8-11)15(27)24-12-16(28)25-14(18(29)31-9-20(21,22)23)19(2,3)33(30)17(12)25/h4-8,12-14,17H,9H2,1-3H3,(H,24,27)/t12?,13?,14?,17-,33?/m1/s1. The highest BCUT2D eigenvalue weighted by Crippen LogP contribution is 2.46. The number of nitrogens with zero attached hydrogens (tertiary/aromatic N) is 1. The fraction of sp³-hybridized carbons (Fsp3) is 0.500. The Hall–Kier alpha value is -1.72. The maximum Gasteiger partial charge on any atom is 0.334 e. The van der Waals surface area contributed by atoms with Crippen molar-refractivity contribution < 1.29 is 33.2 Å². The number of nitrogens with one attached hydrogen (secondary N) is 1. The molecular formula is C20H21Cl3N2O7S. The summed E-state index contributed by atoms with van der Waals surface area (Å²) < 4.78 is 20.3. The van der Waals surface area contributed by atoms with Gasteiger partial charge in [0.2, 0.25) is 15.3 Å². The first-order valence-electron chi connectivity index (χ1n) is 9.74. The van der Waals surface area contributed by atoms with Gasteiger partial charge >= 0.3 is 11.9 Å². The Labute approximate surface area is 208 Å². The summed E-state index contributed by atoms with van der Waals surface area (Å²) in [5, 5.41) is 1.53. The number of halogens is 3. The molecular weight excluding hydrogens is 519 g/mol. The summed E-state index contributed by atoms with van der Waals surface area (Å²) in [6.45, 7) is 3.69. The number of rotatable bonds is 6. The van der Waals surface area contributed by atoms with Crippen molar-refractivity contribution in [2.45, 2.75) is 52.9 Å². The van der Waals surface area contributed by atoms with Gasteiger partial charge in [0.05, 0.1) is 0 Å². The monoisotopic (exact) mass is 538 g/mol. The third kappa shape index (κ3) is 5.19. The quantitative estimate of drug-likeness (QED) is 0.253. The molecule has 5 atom stereocenters. The van der Waals surface area contributed by atoms with Gasteiger partial charge in [0.25, 0.3) is 11.8 Å². The second-order valence-corrected chi connectivity index (χ2v) is 12.7. The van der Waals surface area contributed by atoms with E-state index >= 15 is 0 Å². The van der Waals surface area contributed by atoms with Gasteiger partial charge in [-0.2, -0.15) is 0 Å². The molecule has 13 heteroatoms. The van der Waals surface area contributed by atoms with Crippen LogP contribution >= 0.6 is 34.8 Å². The molecule has 2 heterocycles. The summed E-state index contributed by atoms with van der Waals surface area (Å²) in [5.41, 5.74) is 0.398. The molecule has 2 amide bonds. The second-order valence-electron chi connectivity index (χ2n) is 8.05. The predicted molar refractivity (Wildman–Crippen MR) is 121 cm³/mol. The number of benzene rings is 1. The van der Waals surface area contributed by atoms with Crippen molar-refractivity contribution in [3.63, 3.8) is 0 Å². The van der Waals surface area contributed by atoms with E-state index in [1.165, 1.54) is 0 Å². The first-order chi connectivity index (χ1) is 15.3. The molecule has 0 bridgehead atoms. The van der Waals surface area contributed by atoms with E-state index in [4.69, 9.17) is 44.3 Å². The molecule has 9 nitrogen and oxygen atoms in total. The highest BCUT2D eigenvalue weighted by molar-refractivity contribution is 7.94. The Bertz CT molecular complexity index is 957. The minimum absolute atomic E-state index is 0.398. The van der Waals surface area contributed by atoms with Crippen molar-refractivity contribution in [2.75, 3.05) is 6.61 Å².